The van der Waals surface area contributed by atoms with Gasteiger partial charge in [-0.2, -0.15) is 5.10 Å². The minimum atomic E-state index is -0.608. The molecule has 9 heteroatoms. The number of aryl methyl sites for hydroxylation is 2. The third-order valence-electron chi connectivity index (χ3n) is 6.38. The van der Waals surface area contributed by atoms with E-state index in [0.29, 0.717) is 23.9 Å². The summed E-state index contributed by atoms with van der Waals surface area (Å²) in [7, 11) is 1.71. The largest absolute Gasteiger partial charge is 0.476 e. The molecule has 0 radical (unpaired) electrons. The molecule has 0 aliphatic heterocycles. The molecule has 2 aromatic heterocycles. The number of carbonyl (C=O) groups is 2. The minimum absolute atomic E-state index is 0.104. The van der Waals surface area contributed by atoms with Gasteiger partial charge in [-0.25, -0.2) is 0 Å². The van der Waals surface area contributed by atoms with Gasteiger partial charge < -0.3 is 15.4 Å². The summed E-state index contributed by atoms with van der Waals surface area (Å²) in [6, 6.07) is 8.62. The summed E-state index contributed by atoms with van der Waals surface area (Å²) in [5, 5.41) is 17.2. The van der Waals surface area contributed by atoms with Crippen LogP contribution in [-0.4, -0.2) is 44.4 Å². The first-order valence-electron chi connectivity index (χ1n) is 11.9. The third kappa shape index (κ3) is 5.13. The predicted molar refractivity (Wildman–Crippen MR) is 130 cm³/mol. The Hall–Kier alpha value is -3.62. The molecule has 1 aliphatic carbocycles. The van der Waals surface area contributed by atoms with Crippen molar-refractivity contribution in [2.24, 2.45) is 13.0 Å². The van der Waals surface area contributed by atoms with E-state index in [1.54, 1.807) is 19.3 Å². The molecule has 4 rings (SSSR count). The molecule has 3 aromatic rings. The molecule has 1 aliphatic rings. The maximum absolute atomic E-state index is 13.3. The zero-order valence-electron chi connectivity index (χ0n) is 19.9. The summed E-state index contributed by atoms with van der Waals surface area (Å²) in [5.41, 5.74) is 3.86. The van der Waals surface area contributed by atoms with Gasteiger partial charge in [-0.3, -0.25) is 19.4 Å². The summed E-state index contributed by atoms with van der Waals surface area (Å²) >= 11 is 0. The molecule has 1 saturated carbocycles. The number of aromatic amines is 1. The second-order valence-corrected chi connectivity index (χ2v) is 8.72. The molecular weight excluding hydrogens is 432 g/mol. The predicted octanol–water partition coefficient (Wildman–Crippen LogP) is 3.83. The zero-order chi connectivity index (χ0) is 24.1. The SMILES string of the molecule is CCOc1n[nH]c(C)c1-c1ccc(NC(=O)C(NC(=O)c2ccnn2C)C2CCCCC2)cc1. The number of H-pyrrole nitrogens is 1. The first-order valence-corrected chi connectivity index (χ1v) is 11.9. The van der Waals surface area contributed by atoms with E-state index in [2.05, 4.69) is 25.9 Å². The molecule has 0 saturated heterocycles. The Morgan fingerprint density at radius 3 is 2.56 bits per heavy atom. The molecular formula is C25H32N6O3. The Bertz CT molecular complexity index is 1130. The Morgan fingerprint density at radius 1 is 1.18 bits per heavy atom. The lowest BCUT2D eigenvalue weighted by Crippen LogP contribution is -2.49. The van der Waals surface area contributed by atoms with Crippen LogP contribution in [0.4, 0.5) is 5.69 Å². The number of rotatable bonds is 8. The van der Waals surface area contributed by atoms with Crippen molar-refractivity contribution in [1.29, 1.82) is 0 Å². The molecule has 1 atom stereocenters. The summed E-state index contributed by atoms with van der Waals surface area (Å²) in [6.07, 6.45) is 6.71. The van der Waals surface area contributed by atoms with E-state index in [-0.39, 0.29) is 17.7 Å². The van der Waals surface area contributed by atoms with Crippen LogP contribution in [0.25, 0.3) is 11.1 Å². The first-order chi connectivity index (χ1) is 16.5. The number of nitrogens with one attached hydrogen (secondary N) is 3. The van der Waals surface area contributed by atoms with E-state index >= 15 is 0 Å². The van der Waals surface area contributed by atoms with Crippen molar-refractivity contribution >= 4 is 17.5 Å². The quantitative estimate of drug-likeness (QED) is 0.469. The van der Waals surface area contributed by atoms with Crippen molar-refractivity contribution in [3.63, 3.8) is 0 Å². The first kappa shape index (κ1) is 23.5. The summed E-state index contributed by atoms with van der Waals surface area (Å²) in [6.45, 7) is 4.39. The van der Waals surface area contributed by atoms with Crippen LogP contribution in [-0.2, 0) is 11.8 Å². The molecule has 1 unspecified atom stereocenters. The summed E-state index contributed by atoms with van der Waals surface area (Å²) in [4.78, 5) is 26.2. The highest BCUT2D eigenvalue weighted by Gasteiger charge is 2.32. The Kier molecular flexibility index (Phi) is 7.30. The van der Waals surface area contributed by atoms with Crippen molar-refractivity contribution in [2.45, 2.75) is 52.0 Å². The molecule has 0 spiro atoms. The van der Waals surface area contributed by atoms with Gasteiger partial charge in [-0.15, -0.1) is 5.10 Å². The minimum Gasteiger partial charge on any atom is -0.476 e. The second kappa shape index (κ2) is 10.5. The van der Waals surface area contributed by atoms with Gasteiger partial charge in [0.1, 0.15) is 11.7 Å². The normalized spacial score (nSPS) is 15.0. The van der Waals surface area contributed by atoms with E-state index in [9.17, 15) is 9.59 Å². The average molecular weight is 465 g/mol. The van der Waals surface area contributed by atoms with Gasteiger partial charge >= 0.3 is 0 Å². The average Bonchev–Trinajstić information content (AvgIpc) is 3.44. The van der Waals surface area contributed by atoms with Crippen LogP contribution < -0.4 is 15.4 Å². The number of hydrogen-bond donors (Lipinski definition) is 3. The lowest BCUT2D eigenvalue weighted by molar-refractivity contribution is -0.119. The van der Waals surface area contributed by atoms with Gasteiger partial charge in [0.25, 0.3) is 5.91 Å². The van der Waals surface area contributed by atoms with Crippen LogP contribution >= 0.6 is 0 Å². The second-order valence-electron chi connectivity index (χ2n) is 8.72. The van der Waals surface area contributed by atoms with Crippen molar-refractivity contribution in [2.75, 3.05) is 11.9 Å². The number of nitrogens with zero attached hydrogens (tertiary/aromatic N) is 3. The smallest absolute Gasteiger partial charge is 0.270 e. The van der Waals surface area contributed by atoms with E-state index in [1.807, 2.05) is 38.1 Å². The topological polar surface area (TPSA) is 114 Å². The maximum Gasteiger partial charge on any atom is 0.270 e. The fourth-order valence-electron chi connectivity index (χ4n) is 4.61. The molecule has 1 fully saturated rings. The molecule has 0 bridgehead atoms. The van der Waals surface area contributed by atoms with E-state index in [1.165, 1.54) is 11.1 Å². The van der Waals surface area contributed by atoms with Crippen molar-refractivity contribution < 1.29 is 14.3 Å². The van der Waals surface area contributed by atoms with Crippen LogP contribution in [0.2, 0.25) is 0 Å². The summed E-state index contributed by atoms with van der Waals surface area (Å²) < 4.78 is 7.14. The van der Waals surface area contributed by atoms with Crippen molar-refractivity contribution in [3.8, 4) is 17.0 Å². The molecule has 34 heavy (non-hydrogen) atoms. The van der Waals surface area contributed by atoms with Crippen LogP contribution in [0, 0.1) is 12.8 Å². The lowest BCUT2D eigenvalue weighted by atomic mass is 9.83. The molecule has 9 nitrogen and oxygen atoms in total. The number of ether oxygens (including phenoxy) is 1. The van der Waals surface area contributed by atoms with Gasteiger partial charge in [0.2, 0.25) is 11.8 Å². The Morgan fingerprint density at radius 2 is 1.91 bits per heavy atom. The van der Waals surface area contributed by atoms with Crippen LogP contribution in [0.1, 0.15) is 55.2 Å². The van der Waals surface area contributed by atoms with Gasteiger partial charge in [-0.05, 0) is 56.4 Å². The number of carbonyl (C=O) groups excluding carboxylic acids is 2. The third-order valence-corrected chi connectivity index (χ3v) is 6.38. The van der Waals surface area contributed by atoms with E-state index < -0.39 is 6.04 Å². The lowest BCUT2D eigenvalue weighted by Gasteiger charge is -2.30. The molecule has 2 amide bonds. The standard InChI is InChI=1S/C25H32N6O3/c1-4-34-25-21(16(2)29-30-25)17-10-12-19(13-11-17)27-24(33)22(18-8-6-5-7-9-18)28-23(32)20-14-15-26-31(20)3/h10-15,18,22H,4-9H2,1-3H3,(H,27,33)(H,28,32)(H,29,30). The fourth-order valence-corrected chi connectivity index (χ4v) is 4.61. The highest BCUT2D eigenvalue weighted by atomic mass is 16.5. The van der Waals surface area contributed by atoms with Gasteiger partial charge in [-0.1, -0.05) is 31.4 Å². The molecule has 1 aromatic carbocycles. The zero-order valence-corrected chi connectivity index (χ0v) is 19.9. The maximum atomic E-state index is 13.3. The van der Waals surface area contributed by atoms with E-state index in [4.69, 9.17) is 4.74 Å². The van der Waals surface area contributed by atoms with Crippen LogP contribution in [0.5, 0.6) is 5.88 Å². The summed E-state index contributed by atoms with van der Waals surface area (Å²) in [5.74, 6) is 0.171. The Labute approximate surface area is 199 Å². The number of benzene rings is 1. The Balaban J connectivity index is 1.50. The van der Waals surface area contributed by atoms with Gasteiger partial charge in [0.05, 0.1) is 12.2 Å². The molecule has 180 valence electrons. The van der Waals surface area contributed by atoms with Crippen molar-refractivity contribution in [3.05, 3.63) is 47.9 Å². The number of hydrogen-bond acceptors (Lipinski definition) is 5. The molecule has 3 N–H and O–H groups in total. The van der Waals surface area contributed by atoms with Gasteiger partial charge in [0.15, 0.2) is 0 Å². The highest BCUT2D eigenvalue weighted by molar-refractivity contribution is 6.00. The number of aromatic nitrogens is 4. The van der Waals surface area contributed by atoms with Crippen molar-refractivity contribution in [1.82, 2.24) is 25.3 Å². The highest BCUT2D eigenvalue weighted by Crippen LogP contribution is 2.32. The van der Waals surface area contributed by atoms with Crippen LogP contribution in [0.3, 0.4) is 0 Å². The van der Waals surface area contributed by atoms with E-state index in [0.717, 1.165) is 42.5 Å². The number of anilines is 1. The fraction of sp³-hybridized carbons (Fsp3) is 0.440. The molecule has 2 heterocycles. The van der Waals surface area contributed by atoms with Crippen LogP contribution in [0.15, 0.2) is 36.5 Å². The van der Waals surface area contributed by atoms with Gasteiger partial charge in [0, 0.05) is 24.6 Å². The monoisotopic (exact) mass is 464 g/mol. The number of amides is 2.